The molecule has 2 rings (SSSR count). The molecule has 4 nitrogen and oxygen atoms in total. The molecule has 1 aromatic rings. The van der Waals surface area contributed by atoms with E-state index in [1.807, 2.05) is 0 Å². The number of nitrogens with zero attached hydrogens (tertiary/aromatic N) is 1. The molecule has 0 aromatic heterocycles. The third-order valence-electron chi connectivity index (χ3n) is 3.45. The lowest BCUT2D eigenvalue weighted by Gasteiger charge is -2.26. The Bertz CT molecular complexity index is 510. The second-order valence-corrected chi connectivity index (χ2v) is 6.98. The van der Waals surface area contributed by atoms with Crippen LogP contribution >= 0.6 is 0 Å². The average molecular weight is 286 g/mol. The van der Waals surface area contributed by atoms with Gasteiger partial charge in [-0.25, -0.2) is 12.8 Å². The van der Waals surface area contributed by atoms with Gasteiger partial charge in [-0.05, 0) is 56.1 Å². The smallest absolute Gasteiger partial charge is 0.235 e. The molecule has 1 heterocycles. The molecule has 0 aliphatic carbocycles. The first-order chi connectivity index (χ1) is 8.99. The summed E-state index contributed by atoms with van der Waals surface area (Å²) in [5.41, 5.74) is 0.491. The number of halogens is 1. The van der Waals surface area contributed by atoms with Gasteiger partial charge in [-0.1, -0.05) is 0 Å². The molecule has 1 fully saturated rings. The fourth-order valence-electron chi connectivity index (χ4n) is 2.29. The molecule has 106 valence electrons. The van der Waals surface area contributed by atoms with E-state index in [1.54, 1.807) is 0 Å². The van der Waals surface area contributed by atoms with Crippen LogP contribution in [0.4, 0.5) is 10.1 Å². The zero-order chi connectivity index (χ0) is 13.9. The highest BCUT2D eigenvalue weighted by Gasteiger charge is 2.25. The fraction of sp³-hybridized carbons (Fsp3) is 0.538. The molecule has 1 aliphatic heterocycles. The summed E-state index contributed by atoms with van der Waals surface area (Å²) >= 11 is 0. The Kier molecular flexibility index (Phi) is 4.42. The van der Waals surface area contributed by atoms with E-state index < -0.39 is 10.0 Å². The standard InChI is InChI=1S/C13H19FN2O2S/c1-16(13-6-4-12(14)5-7-13)19(17,18)10-11-3-2-8-15-9-11/h4-7,11,15H,2-3,8-10H2,1H3. The molecule has 1 saturated heterocycles. The van der Waals surface area contributed by atoms with Gasteiger partial charge in [0.1, 0.15) is 5.82 Å². The number of piperidine rings is 1. The van der Waals surface area contributed by atoms with E-state index in [-0.39, 0.29) is 17.5 Å². The molecular formula is C13H19FN2O2S. The first kappa shape index (κ1) is 14.3. The molecule has 19 heavy (non-hydrogen) atoms. The largest absolute Gasteiger partial charge is 0.316 e. The molecule has 6 heteroatoms. The number of sulfonamides is 1. The van der Waals surface area contributed by atoms with Gasteiger partial charge in [-0.3, -0.25) is 4.31 Å². The van der Waals surface area contributed by atoms with E-state index in [2.05, 4.69) is 5.32 Å². The molecule has 1 atom stereocenters. The quantitative estimate of drug-likeness (QED) is 0.914. The topological polar surface area (TPSA) is 49.4 Å². The number of hydrogen-bond acceptors (Lipinski definition) is 3. The zero-order valence-corrected chi connectivity index (χ0v) is 11.8. The van der Waals surface area contributed by atoms with Crippen LogP contribution in [0.5, 0.6) is 0 Å². The van der Waals surface area contributed by atoms with Crippen molar-refractivity contribution in [1.29, 1.82) is 0 Å². The van der Waals surface area contributed by atoms with Crippen molar-refractivity contribution in [2.45, 2.75) is 12.8 Å². The third-order valence-corrected chi connectivity index (χ3v) is 5.39. The number of hydrogen-bond donors (Lipinski definition) is 1. The van der Waals surface area contributed by atoms with Crippen LogP contribution in [0.15, 0.2) is 24.3 Å². The predicted octanol–water partition coefficient (Wildman–Crippen LogP) is 1.59. The summed E-state index contributed by atoms with van der Waals surface area (Å²) in [4.78, 5) is 0. The van der Waals surface area contributed by atoms with Gasteiger partial charge < -0.3 is 5.32 Å². The van der Waals surface area contributed by atoms with Crippen LogP contribution in [-0.4, -0.2) is 34.3 Å². The highest BCUT2D eigenvalue weighted by Crippen LogP contribution is 2.20. The van der Waals surface area contributed by atoms with Crippen LogP contribution in [0.2, 0.25) is 0 Å². The Hall–Kier alpha value is -1.14. The molecule has 1 aliphatic rings. The highest BCUT2D eigenvalue weighted by atomic mass is 32.2. The summed E-state index contributed by atoms with van der Waals surface area (Å²) in [5.74, 6) is -0.0823. The summed E-state index contributed by atoms with van der Waals surface area (Å²) in [7, 11) is -1.84. The minimum Gasteiger partial charge on any atom is -0.316 e. The van der Waals surface area contributed by atoms with E-state index in [0.29, 0.717) is 5.69 Å². The molecule has 0 radical (unpaired) electrons. The van der Waals surface area contributed by atoms with E-state index in [9.17, 15) is 12.8 Å². The summed E-state index contributed by atoms with van der Waals surface area (Å²) < 4.78 is 38.7. The molecule has 0 amide bonds. The lowest BCUT2D eigenvalue weighted by atomic mass is 10.0. The minimum absolute atomic E-state index is 0.133. The maximum absolute atomic E-state index is 12.8. The van der Waals surface area contributed by atoms with Gasteiger partial charge in [0.25, 0.3) is 0 Å². The summed E-state index contributed by atoms with van der Waals surface area (Å²) in [6.07, 6.45) is 1.95. The van der Waals surface area contributed by atoms with Crippen LogP contribution in [0.3, 0.4) is 0 Å². The van der Waals surface area contributed by atoms with Crippen LogP contribution in [-0.2, 0) is 10.0 Å². The molecular weight excluding hydrogens is 267 g/mol. The van der Waals surface area contributed by atoms with Gasteiger partial charge >= 0.3 is 0 Å². The molecule has 0 saturated carbocycles. The second-order valence-electron chi connectivity index (χ2n) is 4.93. The highest BCUT2D eigenvalue weighted by molar-refractivity contribution is 7.92. The number of rotatable bonds is 4. The molecule has 0 spiro atoms. The van der Waals surface area contributed by atoms with E-state index in [0.717, 1.165) is 25.9 Å². The monoisotopic (exact) mass is 286 g/mol. The minimum atomic E-state index is -3.35. The van der Waals surface area contributed by atoms with Crippen molar-refractivity contribution in [3.63, 3.8) is 0 Å². The van der Waals surface area contributed by atoms with Crippen molar-refractivity contribution in [3.8, 4) is 0 Å². The van der Waals surface area contributed by atoms with Gasteiger partial charge in [-0.2, -0.15) is 0 Å². The van der Waals surface area contributed by atoms with Crippen molar-refractivity contribution in [2.24, 2.45) is 5.92 Å². The maximum Gasteiger partial charge on any atom is 0.235 e. The lowest BCUT2D eigenvalue weighted by molar-refractivity contribution is 0.404. The molecule has 1 N–H and O–H groups in total. The SMILES string of the molecule is CN(c1ccc(F)cc1)S(=O)(=O)CC1CCCNC1. The third kappa shape index (κ3) is 3.67. The van der Waals surface area contributed by atoms with Crippen LogP contribution in [0, 0.1) is 11.7 Å². The second kappa shape index (κ2) is 5.88. The molecule has 0 bridgehead atoms. The van der Waals surface area contributed by atoms with Crippen molar-refractivity contribution < 1.29 is 12.8 Å². The van der Waals surface area contributed by atoms with E-state index in [1.165, 1.54) is 35.6 Å². The van der Waals surface area contributed by atoms with Gasteiger partial charge in [-0.15, -0.1) is 0 Å². The zero-order valence-electron chi connectivity index (χ0n) is 11.0. The van der Waals surface area contributed by atoms with Crippen molar-refractivity contribution in [1.82, 2.24) is 5.32 Å². The Labute approximate surface area is 113 Å². The van der Waals surface area contributed by atoms with E-state index in [4.69, 9.17) is 0 Å². The van der Waals surface area contributed by atoms with Crippen LogP contribution < -0.4 is 9.62 Å². The Morgan fingerprint density at radius 2 is 2.05 bits per heavy atom. The van der Waals surface area contributed by atoms with Crippen LogP contribution in [0.1, 0.15) is 12.8 Å². The number of nitrogens with one attached hydrogen (secondary N) is 1. The number of anilines is 1. The normalized spacial score (nSPS) is 20.2. The average Bonchev–Trinajstić information content (AvgIpc) is 2.39. The maximum atomic E-state index is 12.8. The summed E-state index contributed by atoms with van der Waals surface area (Å²) in [6, 6.07) is 5.49. The van der Waals surface area contributed by atoms with Crippen molar-refractivity contribution in [3.05, 3.63) is 30.1 Å². The number of benzene rings is 1. The van der Waals surface area contributed by atoms with Crippen molar-refractivity contribution in [2.75, 3.05) is 30.2 Å². The van der Waals surface area contributed by atoms with Gasteiger partial charge in [0.15, 0.2) is 0 Å². The fourth-order valence-corrected chi connectivity index (χ4v) is 3.83. The Morgan fingerprint density at radius 1 is 1.37 bits per heavy atom. The van der Waals surface area contributed by atoms with Gasteiger partial charge in [0.2, 0.25) is 10.0 Å². The lowest BCUT2D eigenvalue weighted by Crippen LogP contribution is -2.38. The van der Waals surface area contributed by atoms with Gasteiger partial charge in [0, 0.05) is 7.05 Å². The molecule has 1 aromatic carbocycles. The molecule has 1 unspecified atom stereocenters. The summed E-state index contributed by atoms with van der Waals surface area (Å²) in [6.45, 7) is 1.71. The predicted molar refractivity (Wildman–Crippen MR) is 74.2 cm³/mol. The van der Waals surface area contributed by atoms with E-state index >= 15 is 0 Å². The Morgan fingerprint density at radius 3 is 2.63 bits per heavy atom. The Balaban J connectivity index is 2.07. The summed E-state index contributed by atoms with van der Waals surface area (Å²) in [5, 5.41) is 3.21. The van der Waals surface area contributed by atoms with Crippen LogP contribution in [0.25, 0.3) is 0 Å². The van der Waals surface area contributed by atoms with Gasteiger partial charge in [0.05, 0.1) is 11.4 Å². The van der Waals surface area contributed by atoms with Crippen molar-refractivity contribution >= 4 is 15.7 Å². The first-order valence-corrected chi connectivity index (χ1v) is 8.03. The first-order valence-electron chi connectivity index (χ1n) is 6.42.